The van der Waals surface area contributed by atoms with Crippen LogP contribution in [0.1, 0.15) is 0 Å². The van der Waals surface area contributed by atoms with E-state index >= 15 is 0 Å². The van der Waals surface area contributed by atoms with Crippen molar-refractivity contribution in [2.75, 3.05) is 4.90 Å². The monoisotopic (exact) mass is 541 g/mol. The molecule has 0 fully saturated rings. The van der Waals surface area contributed by atoms with Crippen LogP contribution in [0.5, 0.6) is 0 Å². The number of benzene rings is 7. The standard InChI is InChI=1S/C38H23NOS/c1-2-10-26(11-3-1)39(27-19-20-30-29-13-5-7-16-36(29)41-37(30)22-27)33-14-8-9-24-17-18-25-21-32-28-12-4-6-15-34(28)40-35(32)23-31(25)38(24)33/h1-23H. The van der Waals surface area contributed by atoms with Crippen molar-refractivity contribution in [2.24, 2.45) is 0 Å². The highest BCUT2D eigenvalue weighted by Gasteiger charge is 2.19. The molecule has 2 nitrogen and oxygen atoms in total. The van der Waals surface area contributed by atoms with E-state index in [4.69, 9.17) is 4.42 Å². The smallest absolute Gasteiger partial charge is 0.136 e. The normalized spacial score (nSPS) is 11.9. The number of anilines is 3. The van der Waals surface area contributed by atoms with Crippen LogP contribution < -0.4 is 4.90 Å². The number of thiophene rings is 1. The van der Waals surface area contributed by atoms with Gasteiger partial charge in [0.2, 0.25) is 0 Å². The quantitative estimate of drug-likeness (QED) is 0.207. The van der Waals surface area contributed by atoms with Gasteiger partial charge in [-0.1, -0.05) is 84.9 Å². The molecule has 3 heteroatoms. The van der Waals surface area contributed by atoms with Crippen molar-refractivity contribution in [2.45, 2.75) is 0 Å². The van der Waals surface area contributed by atoms with Crippen LogP contribution in [0.25, 0.3) is 63.7 Å². The summed E-state index contributed by atoms with van der Waals surface area (Å²) in [6.45, 7) is 0. The Balaban J connectivity index is 1.35. The highest BCUT2D eigenvalue weighted by atomic mass is 32.1. The molecule has 9 aromatic rings. The highest BCUT2D eigenvalue weighted by molar-refractivity contribution is 7.25. The largest absolute Gasteiger partial charge is 0.456 e. The van der Waals surface area contributed by atoms with Crippen molar-refractivity contribution >= 4 is 92.1 Å². The molecule has 0 radical (unpaired) electrons. The van der Waals surface area contributed by atoms with Crippen LogP contribution in [0.4, 0.5) is 17.1 Å². The van der Waals surface area contributed by atoms with Crippen molar-refractivity contribution in [3.8, 4) is 0 Å². The summed E-state index contributed by atoms with van der Waals surface area (Å²) in [5.74, 6) is 0. The first-order chi connectivity index (χ1) is 20.3. The molecule has 0 spiro atoms. The molecule has 0 N–H and O–H groups in total. The average Bonchev–Trinajstić information content (AvgIpc) is 3.58. The summed E-state index contributed by atoms with van der Waals surface area (Å²) in [6, 6.07) is 50.1. The van der Waals surface area contributed by atoms with E-state index in [0.29, 0.717) is 0 Å². The van der Waals surface area contributed by atoms with E-state index in [1.54, 1.807) is 0 Å². The number of fused-ring (bicyclic) bond motifs is 9. The Hall–Kier alpha value is -5.12. The number of rotatable bonds is 3. The predicted octanol–water partition coefficient (Wildman–Crippen LogP) is 11.7. The summed E-state index contributed by atoms with van der Waals surface area (Å²) in [5.41, 5.74) is 5.26. The topological polar surface area (TPSA) is 16.4 Å². The first-order valence-electron chi connectivity index (χ1n) is 13.9. The van der Waals surface area contributed by atoms with Crippen LogP contribution >= 0.6 is 11.3 Å². The second-order valence-corrected chi connectivity index (χ2v) is 11.6. The fourth-order valence-electron chi connectivity index (χ4n) is 6.36. The van der Waals surface area contributed by atoms with Crippen molar-refractivity contribution in [3.05, 3.63) is 140 Å². The molecule has 2 heterocycles. The molecule has 2 aromatic heterocycles. The van der Waals surface area contributed by atoms with Gasteiger partial charge in [0.1, 0.15) is 11.2 Å². The van der Waals surface area contributed by atoms with E-state index in [1.165, 1.54) is 41.7 Å². The predicted molar refractivity (Wildman–Crippen MR) is 176 cm³/mol. The van der Waals surface area contributed by atoms with Crippen molar-refractivity contribution in [3.63, 3.8) is 0 Å². The minimum atomic E-state index is 0.916. The maximum atomic E-state index is 6.34. The molecule has 0 saturated heterocycles. The van der Waals surface area contributed by atoms with Crippen molar-refractivity contribution < 1.29 is 4.42 Å². The third-order valence-electron chi connectivity index (χ3n) is 8.21. The van der Waals surface area contributed by atoms with E-state index in [9.17, 15) is 0 Å². The number of furan rings is 1. The summed E-state index contributed by atoms with van der Waals surface area (Å²) in [7, 11) is 0. The molecular formula is C38H23NOS. The Bertz CT molecular complexity index is 2430. The van der Waals surface area contributed by atoms with Gasteiger partial charge >= 0.3 is 0 Å². The van der Waals surface area contributed by atoms with E-state index in [-0.39, 0.29) is 0 Å². The summed E-state index contributed by atoms with van der Waals surface area (Å²) < 4.78 is 8.95. The lowest BCUT2D eigenvalue weighted by Gasteiger charge is -2.27. The molecule has 0 amide bonds. The van der Waals surface area contributed by atoms with Gasteiger partial charge in [-0.25, -0.2) is 0 Å². The van der Waals surface area contributed by atoms with Crippen molar-refractivity contribution in [1.82, 2.24) is 0 Å². The molecule has 0 bridgehead atoms. The zero-order valence-corrected chi connectivity index (χ0v) is 22.9. The van der Waals surface area contributed by atoms with Gasteiger partial charge in [-0.15, -0.1) is 11.3 Å². The molecule has 41 heavy (non-hydrogen) atoms. The van der Waals surface area contributed by atoms with Gasteiger partial charge in [0.25, 0.3) is 0 Å². The van der Waals surface area contributed by atoms with Crippen LogP contribution in [-0.2, 0) is 0 Å². The van der Waals surface area contributed by atoms with Crippen LogP contribution in [0.15, 0.2) is 144 Å². The molecular weight excluding hydrogens is 518 g/mol. The Labute approximate surface area is 240 Å². The number of para-hydroxylation sites is 2. The van der Waals surface area contributed by atoms with Crippen LogP contribution in [0.3, 0.4) is 0 Å². The SMILES string of the molecule is c1ccc(N(c2ccc3c(c2)sc2ccccc23)c2cccc3ccc4cc5c(cc4c23)oc2ccccc25)cc1. The first-order valence-corrected chi connectivity index (χ1v) is 14.7. The number of hydrogen-bond donors (Lipinski definition) is 0. The average molecular weight is 542 g/mol. The minimum Gasteiger partial charge on any atom is -0.456 e. The van der Waals surface area contributed by atoms with E-state index in [1.807, 2.05) is 23.5 Å². The molecule has 7 aromatic carbocycles. The fourth-order valence-corrected chi connectivity index (χ4v) is 7.50. The van der Waals surface area contributed by atoms with E-state index < -0.39 is 0 Å². The van der Waals surface area contributed by atoms with E-state index in [0.717, 1.165) is 39.0 Å². The molecule has 0 aliphatic rings. The summed E-state index contributed by atoms with van der Waals surface area (Å²) >= 11 is 1.85. The zero-order valence-electron chi connectivity index (χ0n) is 22.0. The molecule has 9 rings (SSSR count). The van der Waals surface area contributed by atoms with Gasteiger partial charge < -0.3 is 9.32 Å². The summed E-state index contributed by atoms with van der Waals surface area (Å²) in [4.78, 5) is 2.40. The van der Waals surface area contributed by atoms with Gasteiger partial charge in [0, 0.05) is 47.7 Å². The second kappa shape index (κ2) is 8.69. The zero-order chi connectivity index (χ0) is 26.9. The van der Waals surface area contributed by atoms with Crippen LogP contribution in [-0.4, -0.2) is 0 Å². The Morgan fingerprint density at radius 3 is 2.15 bits per heavy atom. The summed E-state index contributed by atoms with van der Waals surface area (Å²) in [5, 5.41) is 9.74. The molecule has 0 aliphatic carbocycles. The molecule has 0 saturated carbocycles. The Morgan fingerprint density at radius 1 is 0.439 bits per heavy atom. The molecule has 0 atom stereocenters. The minimum absolute atomic E-state index is 0.916. The maximum absolute atomic E-state index is 6.34. The van der Waals surface area contributed by atoms with E-state index in [2.05, 4.69) is 132 Å². The lowest BCUT2D eigenvalue weighted by molar-refractivity contribution is 0.669. The van der Waals surface area contributed by atoms with Gasteiger partial charge in [-0.2, -0.15) is 0 Å². The Morgan fingerprint density at radius 2 is 1.22 bits per heavy atom. The third-order valence-corrected chi connectivity index (χ3v) is 9.34. The van der Waals surface area contributed by atoms with Crippen LogP contribution in [0.2, 0.25) is 0 Å². The third kappa shape index (κ3) is 3.43. The molecule has 0 aliphatic heterocycles. The first kappa shape index (κ1) is 22.7. The number of hydrogen-bond acceptors (Lipinski definition) is 3. The van der Waals surface area contributed by atoms with Gasteiger partial charge in [0.05, 0.1) is 5.69 Å². The van der Waals surface area contributed by atoms with Crippen LogP contribution in [0, 0.1) is 0 Å². The Kier molecular flexibility index (Phi) is 4.80. The molecule has 0 unspecified atom stereocenters. The lowest BCUT2D eigenvalue weighted by atomic mass is 9.97. The highest BCUT2D eigenvalue weighted by Crippen LogP contribution is 2.45. The van der Waals surface area contributed by atoms with Gasteiger partial charge in [-0.3, -0.25) is 0 Å². The molecule has 192 valence electrons. The number of nitrogens with zero attached hydrogens (tertiary/aromatic N) is 1. The second-order valence-electron chi connectivity index (χ2n) is 10.6. The van der Waals surface area contributed by atoms with Gasteiger partial charge in [0.15, 0.2) is 0 Å². The van der Waals surface area contributed by atoms with Crippen molar-refractivity contribution in [1.29, 1.82) is 0 Å². The van der Waals surface area contributed by atoms with Gasteiger partial charge in [-0.05, 0) is 70.8 Å². The fraction of sp³-hybridized carbons (Fsp3) is 0. The lowest BCUT2D eigenvalue weighted by Crippen LogP contribution is -2.10. The maximum Gasteiger partial charge on any atom is 0.136 e. The summed E-state index contributed by atoms with van der Waals surface area (Å²) in [6.07, 6.45) is 0.